The van der Waals surface area contributed by atoms with E-state index in [0.717, 1.165) is 17.5 Å². The number of esters is 1. The van der Waals surface area contributed by atoms with Gasteiger partial charge in [0.25, 0.3) is 17.7 Å². The summed E-state index contributed by atoms with van der Waals surface area (Å²) in [6.07, 6.45) is -3.71. The molecule has 3 aliphatic rings. The van der Waals surface area contributed by atoms with Crippen molar-refractivity contribution in [1.82, 2.24) is 29.0 Å². The lowest BCUT2D eigenvalue weighted by Crippen LogP contribution is -2.48. The van der Waals surface area contributed by atoms with Gasteiger partial charge < -0.3 is 24.7 Å². The number of anilines is 2. The Morgan fingerprint density at radius 1 is 1.17 bits per heavy atom. The Bertz CT molecular complexity index is 2010. The highest BCUT2D eigenvalue weighted by Crippen LogP contribution is 2.38. The van der Waals surface area contributed by atoms with E-state index in [1.54, 1.807) is 0 Å². The van der Waals surface area contributed by atoms with E-state index in [4.69, 9.17) is 32.6 Å². The number of aromatic nitrogens is 5. The van der Waals surface area contributed by atoms with Crippen LogP contribution in [-0.4, -0.2) is 67.4 Å². The first-order valence-electron chi connectivity index (χ1n) is 14.6. The third kappa shape index (κ3) is 5.65. The van der Waals surface area contributed by atoms with E-state index in [-0.39, 0.29) is 49.9 Å². The number of imidazole rings is 1. The molecule has 7 rings (SSSR count). The molecule has 1 amide bonds. The van der Waals surface area contributed by atoms with Gasteiger partial charge in [-0.1, -0.05) is 23.2 Å². The zero-order chi connectivity index (χ0) is 33.2. The average molecular weight is 697 g/mol. The predicted octanol–water partition coefficient (Wildman–Crippen LogP) is 3.08. The molecule has 2 aliphatic heterocycles. The van der Waals surface area contributed by atoms with E-state index in [1.807, 2.05) is 4.90 Å². The Morgan fingerprint density at radius 2 is 1.96 bits per heavy atom. The number of nitrogens with zero attached hydrogens (tertiary/aromatic N) is 6. The summed E-state index contributed by atoms with van der Waals surface area (Å²) >= 11 is 12.1. The summed E-state index contributed by atoms with van der Waals surface area (Å²) in [6.45, 7) is 1.89. The molecule has 2 saturated heterocycles. The minimum atomic E-state index is -5.57. The lowest BCUT2D eigenvalue weighted by atomic mass is 10.1. The highest BCUT2D eigenvalue weighted by Gasteiger charge is 2.46. The number of benzene rings is 1. The number of hydrogen-bond acceptors (Lipinski definition) is 10. The molecule has 3 atom stereocenters. The van der Waals surface area contributed by atoms with Gasteiger partial charge in [-0.15, -0.1) is 0 Å². The van der Waals surface area contributed by atoms with E-state index >= 15 is 0 Å². The second-order valence-electron chi connectivity index (χ2n) is 11.5. The SMILES string of the molecule is O=C(Nc1ccc(Cl)cc1Cl)C(OC(=O)C(F)(F)F)n1c(=O)c2c(nc(N3CCC4CNCC43)n2Cc2ncco2)n(C2CC2)c1=O. The second-order valence-corrected chi connectivity index (χ2v) is 12.3. The van der Waals surface area contributed by atoms with Gasteiger partial charge in [0.1, 0.15) is 12.8 Å². The Morgan fingerprint density at radius 3 is 2.64 bits per heavy atom. The number of rotatable bonds is 8. The number of nitrogens with one attached hydrogen (secondary N) is 2. The van der Waals surface area contributed by atoms with Gasteiger partial charge in [-0.25, -0.2) is 19.1 Å². The Labute approximate surface area is 272 Å². The van der Waals surface area contributed by atoms with Gasteiger partial charge in [-0.05, 0) is 43.4 Å². The largest absolute Gasteiger partial charge is 0.491 e. The topological polar surface area (TPSA) is 159 Å². The van der Waals surface area contributed by atoms with Gasteiger partial charge in [0.2, 0.25) is 11.8 Å². The minimum absolute atomic E-state index is 0.0221. The quantitative estimate of drug-likeness (QED) is 0.262. The standard InChI is InChI=1S/C28H25Cl2F3N8O6/c29-14-1-4-17(16(30)9-14)36-22(42)24(47-25(44)28(31,32)33)41-23(43)20-21(40(27(41)45)15-2-3-15)37-26(39(20)12-19-35-6-8-46-19)38-7-5-13-10-34-11-18(13)38/h1,4,6,8-9,13,15,18,24,34H,2-3,5,7,10-12H2,(H,36,42). The molecule has 0 spiro atoms. The maximum atomic E-state index is 14.4. The molecule has 5 heterocycles. The summed E-state index contributed by atoms with van der Waals surface area (Å²) in [7, 11) is 0. The zero-order valence-electron chi connectivity index (χ0n) is 24.2. The fourth-order valence-electron chi connectivity index (χ4n) is 6.19. The summed E-state index contributed by atoms with van der Waals surface area (Å²) in [5, 5.41) is 5.67. The van der Waals surface area contributed by atoms with Crippen molar-refractivity contribution >= 4 is 57.9 Å². The van der Waals surface area contributed by atoms with Gasteiger partial charge in [0, 0.05) is 36.7 Å². The molecule has 4 aromatic rings. The molecular weight excluding hydrogens is 672 g/mol. The first kappa shape index (κ1) is 31.3. The van der Waals surface area contributed by atoms with Crippen LogP contribution in [0.1, 0.15) is 37.4 Å². The van der Waals surface area contributed by atoms with Crippen molar-refractivity contribution < 1.29 is 31.9 Å². The third-order valence-corrected chi connectivity index (χ3v) is 9.03. The number of oxazole rings is 1. The molecule has 19 heteroatoms. The fourth-order valence-corrected chi connectivity index (χ4v) is 6.65. The highest BCUT2D eigenvalue weighted by molar-refractivity contribution is 6.36. The van der Waals surface area contributed by atoms with Crippen molar-refractivity contribution in [1.29, 1.82) is 0 Å². The predicted molar refractivity (Wildman–Crippen MR) is 161 cm³/mol. The number of alkyl halides is 3. The Balaban J connectivity index is 1.44. The number of hydrogen-bond donors (Lipinski definition) is 2. The number of carbonyl (C=O) groups excluding carboxylic acids is 2. The van der Waals surface area contributed by atoms with Gasteiger partial charge in [0.05, 0.1) is 16.9 Å². The van der Waals surface area contributed by atoms with Crippen molar-refractivity contribution in [2.75, 3.05) is 29.9 Å². The molecule has 3 aromatic heterocycles. The van der Waals surface area contributed by atoms with E-state index < -0.39 is 41.6 Å². The van der Waals surface area contributed by atoms with E-state index in [0.29, 0.717) is 37.8 Å². The maximum absolute atomic E-state index is 14.4. The molecule has 3 unspecified atom stereocenters. The van der Waals surface area contributed by atoms with E-state index in [1.165, 1.54) is 35.2 Å². The number of ether oxygens (including phenoxy) is 1. The highest BCUT2D eigenvalue weighted by atomic mass is 35.5. The van der Waals surface area contributed by atoms with Crippen LogP contribution >= 0.6 is 23.2 Å². The summed E-state index contributed by atoms with van der Waals surface area (Å²) in [4.78, 5) is 65.2. The number of amides is 1. The van der Waals surface area contributed by atoms with Gasteiger partial charge in [-0.2, -0.15) is 18.2 Å². The molecule has 248 valence electrons. The lowest BCUT2D eigenvalue weighted by Gasteiger charge is -2.25. The number of halogens is 5. The van der Waals surface area contributed by atoms with Crippen LogP contribution in [0.25, 0.3) is 11.2 Å². The van der Waals surface area contributed by atoms with E-state index in [2.05, 4.69) is 20.4 Å². The van der Waals surface area contributed by atoms with Crippen molar-refractivity contribution in [3.63, 3.8) is 0 Å². The van der Waals surface area contributed by atoms with Crippen LogP contribution < -0.4 is 26.8 Å². The Hall–Kier alpha value is -4.35. The smallest absolute Gasteiger partial charge is 0.447 e. The van der Waals surface area contributed by atoms with E-state index in [9.17, 15) is 32.3 Å². The summed E-state index contributed by atoms with van der Waals surface area (Å²) in [6, 6.07) is 3.37. The van der Waals surface area contributed by atoms with Crippen molar-refractivity contribution in [3.05, 3.63) is 67.4 Å². The first-order valence-corrected chi connectivity index (χ1v) is 15.3. The van der Waals surface area contributed by atoms with Crippen LogP contribution in [0.4, 0.5) is 24.8 Å². The van der Waals surface area contributed by atoms with Crippen LogP contribution in [0, 0.1) is 5.92 Å². The molecule has 0 radical (unpaired) electrons. The molecule has 14 nitrogen and oxygen atoms in total. The molecule has 0 bridgehead atoms. The van der Waals surface area contributed by atoms with Crippen LogP contribution in [0.2, 0.25) is 10.0 Å². The monoisotopic (exact) mass is 696 g/mol. The van der Waals surface area contributed by atoms with Crippen molar-refractivity contribution in [2.45, 2.75) is 50.3 Å². The first-order chi connectivity index (χ1) is 22.4. The molecule has 1 aromatic carbocycles. The second kappa shape index (κ2) is 11.7. The fraction of sp³-hybridized carbons (Fsp3) is 0.429. The molecule has 2 N–H and O–H groups in total. The van der Waals surface area contributed by atoms with Crippen molar-refractivity contribution in [3.8, 4) is 0 Å². The molecule has 47 heavy (non-hydrogen) atoms. The van der Waals surface area contributed by atoms with Gasteiger partial charge >= 0.3 is 17.8 Å². The Kier molecular flexibility index (Phi) is 7.79. The average Bonchev–Trinajstić information content (AvgIpc) is 3.36. The number of fused-ring (bicyclic) bond motifs is 2. The molecule has 3 fully saturated rings. The molecule has 1 saturated carbocycles. The minimum Gasteiger partial charge on any atom is -0.447 e. The van der Waals surface area contributed by atoms with Crippen LogP contribution in [0.3, 0.4) is 0 Å². The molecular formula is C28H25Cl2F3N8O6. The van der Waals surface area contributed by atoms with Crippen LogP contribution in [0.15, 0.2) is 44.7 Å². The third-order valence-electron chi connectivity index (χ3n) is 8.48. The summed E-state index contributed by atoms with van der Waals surface area (Å²) < 4.78 is 53.4. The lowest BCUT2D eigenvalue weighted by molar-refractivity contribution is -0.209. The summed E-state index contributed by atoms with van der Waals surface area (Å²) in [5.41, 5.74) is -2.78. The normalized spacial score (nSPS) is 20.1. The van der Waals surface area contributed by atoms with Crippen LogP contribution in [0.5, 0.6) is 0 Å². The molecule has 1 aliphatic carbocycles. The zero-order valence-corrected chi connectivity index (χ0v) is 25.7. The maximum Gasteiger partial charge on any atom is 0.491 e. The van der Waals surface area contributed by atoms with Gasteiger partial charge in [0.15, 0.2) is 11.2 Å². The van der Waals surface area contributed by atoms with Crippen molar-refractivity contribution in [2.24, 2.45) is 5.92 Å². The van der Waals surface area contributed by atoms with Gasteiger partial charge in [-0.3, -0.25) is 18.7 Å². The van der Waals surface area contributed by atoms with Crippen LogP contribution in [-0.2, 0) is 20.9 Å². The number of carbonyl (C=O) groups is 2. The summed E-state index contributed by atoms with van der Waals surface area (Å²) in [5.74, 6) is -3.45.